The summed E-state index contributed by atoms with van der Waals surface area (Å²) < 4.78 is 0. The largest absolute Gasteiger partial charge is 0.325 e. The van der Waals surface area contributed by atoms with E-state index in [1.807, 2.05) is 25.1 Å². The van der Waals surface area contributed by atoms with Crippen LogP contribution in [0.2, 0.25) is 5.02 Å². The van der Waals surface area contributed by atoms with E-state index < -0.39 is 5.92 Å². The third-order valence-corrected chi connectivity index (χ3v) is 4.68. The Hall–Kier alpha value is -2.84. The first-order chi connectivity index (χ1) is 12.0. The molecule has 1 aliphatic rings. The third kappa shape index (κ3) is 3.49. The third-order valence-electron chi connectivity index (χ3n) is 4.27. The highest BCUT2D eigenvalue weighted by molar-refractivity contribution is 6.31. The molecule has 0 unspecified atom stereocenters. The molecule has 1 atom stereocenters. The van der Waals surface area contributed by atoms with Crippen LogP contribution in [0.4, 0.5) is 11.4 Å². The van der Waals surface area contributed by atoms with Gasteiger partial charge < -0.3 is 10.2 Å². The van der Waals surface area contributed by atoms with Crippen molar-refractivity contribution in [3.63, 3.8) is 0 Å². The summed E-state index contributed by atoms with van der Waals surface area (Å²) in [6.45, 7) is 2.18. The lowest BCUT2D eigenvalue weighted by Crippen LogP contribution is -2.28. The molecule has 3 rings (SSSR count). The molecular weight excluding hydrogens is 338 g/mol. The number of rotatable bonds is 3. The summed E-state index contributed by atoms with van der Waals surface area (Å²) in [5, 5.41) is 12.4. The zero-order chi connectivity index (χ0) is 18.0. The number of hydrogen-bond acceptors (Lipinski definition) is 3. The Morgan fingerprint density at radius 2 is 2.08 bits per heavy atom. The smallest absolute Gasteiger partial charge is 0.229 e. The van der Waals surface area contributed by atoms with Crippen molar-refractivity contribution in [3.05, 3.63) is 58.6 Å². The number of aryl methyl sites for hydroxylation is 1. The van der Waals surface area contributed by atoms with Crippen molar-refractivity contribution in [2.24, 2.45) is 5.92 Å². The van der Waals surface area contributed by atoms with E-state index in [1.165, 1.54) is 0 Å². The lowest BCUT2D eigenvalue weighted by molar-refractivity contribution is -0.122. The standard InChI is InChI=1S/C19H16ClN3O2/c1-12-6-7-15(9-16(12)20)23-11-14(8-18(23)24)19(25)22-17-5-3-2-4-13(17)10-21/h2-7,9,14H,8,11H2,1H3,(H,22,25)/t14-/m0/s1. The van der Waals surface area contributed by atoms with Crippen molar-refractivity contribution in [2.75, 3.05) is 16.8 Å². The second-order valence-corrected chi connectivity index (χ2v) is 6.39. The predicted molar refractivity (Wildman–Crippen MR) is 96.4 cm³/mol. The van der Waals surface area contributed by atoms with E-state index in [1.54, 1.807) is 35.2 Å². The SMILES string of the molecule is Cc1ccc(N2C[C@@H](C(=O)Nc3ccccc3C#N)CC2=O)cc1Cl. The molecule has 0 radical (unpaired) electrons. The van der Waals surface area contributed by atoms with Crippen LogP contribution >= 0.6 is 11.6 Å². The van der Waals surface area contributed by atoms with Crippen molar-refractivity contribution in [1.82, 2.24) is 0 Å². The van der Waals surface area contributed by atoms with Gasteiger partial charge in [0.25, 0.3) is 0 Å². The molecule has 1 aliphatic heterocycles. The van der Waals surface area contributed by atoms with Crippen LogP contribution in [-0.4, -0.2) is 18.4 Å². The molecule has 5 nitrogen and oxygen atoms in total. The zero-order valence-electron chi connectivity index (χ0n) is 13.6. The molecule has 1 fully saturated rings. The van der Waals surface area contributed by atoms with Crippen LogP contribution in [0.25, 0.3) is 0 Å². The van der Waals surface area contributed by atoms with Crippen LogP contribution in [-0.2, 0) is 9.59 Å². The van der Waals surface area contributed by atoms with Crippen molar-refractivity contribution in [2.45, 2.75) is 13.3 Å². The number of nitrogens with zero attached hydrogens (tertiary/aromatic N) is 2. The molecular formula is C19H16ClN3O2. The van der Waals surface area contributed by atoms with Gasteiger partial charge in [0, 0.05) is 23.7 Å². The van der Waals surface area contributed by atoms with Gasteiger partial charge in [0.2, 0.25) is 11.8 Å². The Bertz CT molecular complexity index is 888. The van der Waals surface area contributed by atoms with Gasteiger partial charge in [-0.3, -0.25) is 9.59 Å². The van der Waals surface area contributed by atoms with Gasteiger partial charge in [-0.2, -0.15) is 5.26 Å². The Balaban J connectivity index is 1.74. The monoisotopic (exact) mass is 353 g/mol. The van der Waals surface area contributed by atoms with E-state index in [9.17, 15) is 9.59 Å². The molecule has 0 aliphatic carbocycles. The number of hydrogen-bond donors (Lipinski definition) is 1. The van der Waals surface area contributed by atoms with Gasteiger partial charge in [0.1, 0.15) is 6.07 Å². The minimum atomic E-state index is -0.473. The van der Waals surface area contributed by atoms with E-state index in [-0.39, 0.29) is 18.2 Å². The number of anilines is 2. The molecule has 0 spiro atoms. The molecule has 2 aromatic carbocycles. The van der Waals surface area contributed by atoms with Crippen molar-refractivity contribution < 1.29 is 9.59 Å². The Kier molecular flexibility index (Phi) is 4.73. The van der Waals surface area contributed by atoms with E-state index in [0.29, 0.717) is 28.5 Å². The fourth-order valence-corrected chi connectivity index (χ4v) is 2.98. The number of para-hydroxylation sites is 1. The maximum absolute atomic E-state index is 12.5. The van der Waals surface area contributed by atoms with Gasteiger partial charge in [0.15, 0.2) is 0 Å². The summed E-state index contributed by atoms with van der Waals surface area (Å²) in [6.07, 6.45) is 0.131. The van der Waals surface area contributed by atoms with Gasteiger partial charge in [-0.1, -0.05) is 29.8 Å². The average molecular weight is 354 g/mol. The Labute approximate surface area is 150 Å². The molecule has 0 bridgehead atoms. The van der Waals surface area contributed by atoms with Crippen molar-refractivity contribution in [3.8, 4) is 6.07 Å². The van der Waals surface area contributed by atoms with Gasteiger partial charge in [-0.05, 0) is 36.8 Å². The van der Waals surface area contributed by atoms with E-state index >= 15 is 0 Å². The summed E-state index contributed by atoms with van der Waals surface area (Å²) in [5.74, 6) is -0.857. The maximum atomic E-state index is 12.5. The topological polar surface area (TPSA) is 73.2 Å². The summed E-state index contributed by atoms with van der Waals surface area (Å²) in [4.78, 5) is 26.4. The van der Waals surface area contributed by atoms with E-state index in [0.717, 1.165) is 5.56 Å². The summed E-state index contributed by atoms with van der Waals surface area (Å²) >= 11 is 6.13. The fourth-order valence-electron chi connectivity index (χ4n) is 2.81. The Morgan fingerprint density at radius 3 is 2.80 bits per heavy atom. The highest BCUT2D eigenvalue weighted by Gasteiger charge is 2.35. The number of nitriles is 1. The van der Waals surface area contributed by atoms with E-state index in [2.05, 4.69) is 5.32 Å². The highest BCUT2D eigenvalue weighted by Crippen LogP contribution is 2.29. The number of amides is 2. The van der Waals surface area contributed by atoms with Crippen molar-refractivity contribution in [1.29, 1.82) is 5.26 Å². The van der Waals surface area contributed by atoms with Crippen molar-refractivity contribution >= 4 is 34.8 Å². The van der Waals surface area contributed by atoms with Gasteiger partial charge in [0.05, 0.1) is 17.2 Å². The predicted octanol–water partition coefficient (Wildman–Crippen LogP) is 3.51. The Morgan fingerprint density at radius 1 is 1.32 bits per heavy atom. The first-order valence-electron chi connectivity index (χ1n) is 7.86. The van der Waals surface area contributed by atoms with E-state index in [4.69, 9.17) is 16.9 Å². The van der Waals surface area contributed by atoms with Crippen LogP contribution < -0.4 is 10.2 Å². The normalized spacial score (nSPS) is 16.6. The molecule has 1 heterocycles. The maximum Gasteiger partial charge on any atom is 0.229 e. The van der Waals surface area contributed by atoms with Crippen LogP contribution in [0.5, 0.6) is 0 Å². The van der Waals surface area contributed by atoms with Gasteiger partial charge >= 0.3 is 0 Å². The minimum absolute atomic E-state index is 0.117. The van der Waals surface area contributed by atoms with Crippen LogP contribution in [0.3, 0.4) is 0 Å². The first-order valence-corrected chi connectivity index (χ1v) is 8.24. The van der Waals surface area contributed by atoms with Crippen LogP contribution in [0.15, 0.2) is 42.5 Å². The number of benzene rings is 2. The minimum Gasteiger partial charge on any atom is -0.325 e. The second kappa shape index (κ2) is 6.96. The quantitative estimate of drug-likeness (QED) is 0.917. The first kappa shape index (κ1) is 17.0. The summed E-state index contributed by atoms with van der Waals surface area (Å²) in [5.41, 5.74) is 2.47. The molecule has 1 N–H and O–H groups in total. The number of nitrogens with one attached hydrogen (secondary N) is 1. The van der Waals surface area contributed by atoms with Gasteiger partial charge in [-0.25, -0.2) is 0 Å². The molecule has 126 valence electrons. The number of carbonyl (C=O) groups excluding carboxylic acids is 2. The van der Waals surface area contributed by atoms with Crippen LogP contribution in [0, 0.1) is 24.2 Å². The lowest BCUT2D eigenvalue weighted by atomic mass is 10.1. The highest BCUT2D eigenvalue weighted by atomic mass is 35.5. The summed E-state index contributed by atoms with van der Waals surface area (Å²) in [7, 11) is 0. The van der Waals surface area contributed by atoms with Gasteiger partial charge in [-0.15, -0.1) is 0 Å². The molecule has 6 heteroatoms. The van der Waals surface area contributed by atoms with Crippen LogP contribution in [0.1, 0.15) is 17.5 Å². The molecule has 2 amide bonds. The lowest BCUT2D eigenvalue weighted by Gasteiger charge is -2.17. The number of halogens is 1. The molecule has 0 aromatic heterocycles. The fraction of sp³-hybridized carbons (Fsp3) is 0.211. The summed E-state index contributed by atoms with van der Waals surface area (Å²) in [6, 6.07) is 14.2. The molecule has 0 saturated carbocycles. The second-order valence-electron chi connectivity index (χ2n) is 5.99. The zero-order valence-corrected chi connectivity index (χ0v) is 14.4. The average Bonchev–Trinajstić information content (AvgIpc) is 3.00. The molecule has 2 aromatic rings. The molecule has 1 saturated heterocycles. The number of carbonyl (C=O) groups is 2. The molecule has 25 heavy (non-hydrogen) atoms.